The van der Waals surface area contributed by atoms with E-state index in [9.17, 15) is 14.0 Å². The van der Waals surface area contributed by atoms with Crippen LogP contribution in [0.25, 0.3) is 0 Å². The number of carbonyl (C=O) groups excluding carboxylic acids is 2. The molecule has 0 bridgehead atoms. The number of hydrogen-bond donors (Lipinski definition) is 1. The lowest BCUT2D eigenvalue weighted by molar-refractivity contribution is -0.145. The van der Waals surface area contributed by atoms with E-state index in [1.54, 1.807) is 6.07 Å². The molecule has 1 unspecified atom stereocenters. The fourth-order valence-corrected chi connectivity index (χ4v) is 2.59. The maximum Gasteiger partial charge on any atom is 0.246 e. The molecule has 1 aromatic carbocycles. The fourth-order valence-electron chi connectivity index (χ4n) is 2.47. The molecule has 2 amide bonds. The van der Waals surface area contributed by atoms with Crippen molar-refractivity contribution in [3.05, 3.63) is 34.6 Å². The highest BCUT2D eigenvalue weighted by Crippen LogP contribution is 2.34. The molecule has 1 aliphatic heterocycles. The third kappa shape index (κ3) is 2.63. The van der Waals surface area contributed by atoms with Crippen LogP contribution >= 0.6 is 11.6 Å². The lowest BCUT2D eigenvalue weighted by Gasteiger charge is -2.32. The number of rotatable bonds is 3. The van der Waals surface area contributed by atoms with Gasteiger partial charge in [0.15, 0.2) is 0 Å². The van der Waals surface area contributed by atoms with Crippen LogP contribution in [0.1, 0.15) is 18.4 Å². The lowest BCUT2D eigenvalue weighted by Crippen LogP contribution is -2.58. The third-order valence-electron chi connectivity index (χ3n) is 3.68. The van der Waals surface area contributed by atoms with Gasteiger partial charge >= 0.3 is 0 Å². The molecule has 6 heteroatoms. The van der Waals surface area contributed by atoms with E-state index in [4.69, 9.17) is 11.6 Å². The molecule has 20 heavy (non-hydrogen) atoms. The summed E-state index contributed by atoms with van der Waals surface area (Å²) >= 11 is 5.63. The predicted molar refractivity (Wildman–Crippen MR) is 71.5 cm³/mol. The average Bonchev–Trinajstić information content (AvgIpc) is 3.22. The van der Waals surface area contributed by atoms with Crippen molar-refractivity contribution in [2.24, 2.45) is 5.92 Å². The zero-order chi connectivity index (χ0) is 14.3. The topological polar surface area (TPSA) is 49.4 Å². The smallest absolute Gasteiger partial charge is 0.246 e. The Morgan fingerprint density at radius 2 is 2.10 bits per heavy atom. The molecule has 1 N–H and O–H groups in total. The Bertz CT molecular complexity index is 574. The van der Waals surface area contributed by atoms with Gasteiger partial charge in [-0.05, 0) is 36.5 Å². The molecule has 1 heterocycles. The number of amides is 2. The fraction of sp³-hybridized carbons (Fsp3) is 0.429. The van der Waals surface area contributed by atoms with Gasteiger partial charge in [-0.1, -0.05) is 17.7 Å². The summed E-state index contributed by atoms with van der Waals surface area (Å²) in [6, 6.07) is 4.01. The monoisotopic (exact) mass is 296 g/mol. The minimum Gasteiger partial charge on any atom is -0.342 e. The molecule has 106 valence electrons. The number of nitrogens with one attached hydrogen (secondary N) is 1. The molecule has 3 rings (SSSR count). The van der Waals surface area contributed by atoms with Crippen molar-refractivity contribution in [3.8, 4) is 0 Å². The summed E-state index contributed by atoms with van der Waals surface area (Å²) in [6.45, 7) is 0.246. The van der Waals surface area contributed by atoms with E-state index in [0.29, 0.717) is 5.56 Å². The third-order valence-corrected chi connectivity index (χ3v) is 3.99. The van der Waals surface area contributed by atoms with Crippen molar-refractivity contribution in [2.45, 2.75) is 25.4 Å². The number of carbonyl (C=O) groups is 2. The highest BCUT2D eigenvalue weighted by Gasteiger charge is 2.42. The Hall–Kier alpha value is -1.62. The van der Waals surface area contributed by atoms with Crippen molar-refractivity contribution in [1.82, 2.24) is 10.2 Å². The summed E-state index contributed by atoms with van der Waals surface area (Å²) in [4.78, 5) is 25.4. The van der Waals surface area contributed by atoms with Crippen LogP contribution in [0.4, 0.5) is 4.39 Å². The SMILES string of the molecule is O=C1CN(Cc2ccc(Cl)c(F)c2)C(=O)C(C2CC2)N1. The van der Waals surface area contributed by atoms with Crippen LogP contribution in [0.15, 0.2) is 18.2 Å². The highest BCUT2D eigenvalue weighted by atomic mass is 35.5. The minimum absolute atomic E-state index is 0.0201. The van der Waals surface area contributed by atoms with E-state index in [1.807, 2.05) is 0 Å². The molecule has 1 saturated carbocycles. The van der Waals surface area contributed by atoms with Gasteiger partial charge in [-0.3, -0.25) is 9.59 Å². The maximum absolute atomic E-state index is 13.4. The molecular weight excluding hydrogens is 283 g/mol. The van der Waals surface area contributed by atoms with Crippen LogP contribution < -0.4 is 5.32 Å². The van der Waals surface area contributed by atoms with Crippen LogP contribution in [0.3, 0.4) is 0 Å². The number of piperazine rings is 1. The lowest BCUT2D eigenvalue weighted by atomic mass is 10.1. The van der Waals surface area contributed by atoms with Gasteiger partial charge in [0, 0.05) is 6.54 Å². The Labute approximate surface area is 120 Å². The first-order chi connectivity index (χ1) is 9.54. The number of nitrogens with zero attached hydrogens (tertiary/aromatic N) is 1. The average molecular weight is 297 g/mol. The van der Waals surface area contributed by atoms with Crippen LogP contribution in [0.2, 0.25) is 5.02 Å². The van der Waals surface area contributed by atoms with Crippen LogP contribution in [0.5, 0.6) is 0 Å². The summed E-state index contributed by atoms with van der Waals surface area (Å²) in [5, 5.41) is 2.79. The van der Waals surface area contributed by atoms with Crippen LogP contribution in [-0.4, -0.2) is 29.3 Å². The van der Waals surface area contributed by atoms with Gasteiger partial charge in [0.25, 0.3) is 0 Å². The Kier molecular flexibility index (Phi) is 3.38. The first kappa shape index (κ1) is 13.4. The van der Waals surface area contributed by atoms with Gasteiger partial charge < -0.3 is 10.2 Å². The van der Waals surface area contributed by atoms with Gasteiger partial charge in [0.1, 0.15) is 11.9 Å². The molecule has 1 aliphatic carbocycles. The van der Waals surface area contributed by atoms with Crippen molar-refractivity contribution in [2.75, 3.05) is 6.54 Å². The highest BCUT2D eigenvalue weighted by molar-refractivity contribution is 6.30. The largest absolute Gasteiger partial charge is 0.342 e. The molecule has 1 saturated heterocycles. The maximum atomic E-state index is 13.4. The van der Waals surface area contributed by atoms with E-state index in [2.05, 4.69) is 5.32 Å². The normalized spacial score (nSPS) is 22.9. The molecule has 1 atom stereocenters. The molecule has 4 nitrogen and oxygen atoms in total. The van der Waals surface area contributed by atoms with Crippen LogP contribution in [-0.2, 0) is 16.1 Å². The first-order valence-corrected chi connectivity index (χ1v) is 6.94. The second-order valence-electron chi connectivity index (χ2n) is 5.33. The summed E-state index contributed by atoms with van der Waals surface area (Å²) < 4.78 is 13.4. The second-order valence-corrected chi connectivity index (χ2v) is 5.73. The zero-order valence-corrected chi connectivity index (χ0v) is 11.5. The van der Waals surface area contributed by atoms with Gasteiger partial charge in [-0.15, -0.1) is 0 Å². The standard InChI is InChI=1S/C14H14ClFN2O2/c15-10-4-1-8(5-11(10)16)6-18-7-12(19)17-13(14(18)20)9-2-3-9/h1,4-5,9,13H,2-3,6-7H2,(H,17,19). The van der Waals surface area contributed by atoms with Gasteiger partial charge in [0.2, 0.25) is 11.8 Å². The summed E-state index contributed by atoms with van der Waals surface area (Å²) in [5.41, 5.74) is 0.629. The molecule has 2 aliphatic rings. The molecule has 2 fully saturated rings. The number of halogens is 2. The summed E-state index contributed by atoms with van der Waals surface area (Å²) in [7, 11) is 0. The van der Waals surface area contributed by atoms with E-state index < -0.39 is 11.9 Å². The van der Waals surface area contributed by atoms with Crippen molar-refractivity contribution in [3.63, 3.8) is 0 Å². The molecule has 0 spiro atoms. The molecule has 0 radical (unpaired) electrons. The second kappa shape index (κ2) is 5.05. The summed E-state index contributed by atoms with van der Waals surface area (Å²) in [6.07, 6.45) is 1.94. The van der Waals surface area contributed by atoms with Crippen molar-refractivity contribution in [1.29, 1.82) is 0 Å². The van der Waals surface area contributed by atoms with E-state index >= 15 is 0 Å². The van der Waals surface area contributed by atoms with Gasteiger partial charge in [-0.25, -0.2) is 4.39 Å². The minimum atomic E-state index is -0.517. The number of hydrogen-bond acceptors (Lipinski definition) is 2. The van der Waals surface area contributed by atoms with Gasteiger partial charge in [0.05, 0.1) is 11.6 Å². The van der Waals surface area contributed by atoms with Gasteiger partial charge in [-0.2, -0.15) is 0 Å². The first-order valence-electron chi connectivity index (χ1n) is 6.56. The van der Waals surface area contributed by atoms with E-state index in [-0.39, 0.29) is 35.8 Å². The molecular formula is C14H14ClFN2O2. The van der Waals surface area contributed by atoms with E-state index in [0.717, 1.165) is 12.8 Å². The Morgan fingerprint density at radius 1 is 1.35 bits per heavy atom. The Balaban J connectivity index is 1.76. The summed E-state index contributed by atoms with van der Waals surface area (Å²) in [5.74, 6) is -0.494. The molecule has 1 aromatic rings. The zero-order valence-electron chi connectivity index (χ0n) is 10.7. The van der Waals surface area contributed by atoms with Crippen LogP contribution in [0, 0.1) is 11.7 Å². The Morgan fingerprint density at radius 3 is 2.75 bits per heavy atom. The predicted octanol–water partition coefficient (Wildman–Crippen LogP) is 1.72. The van der Waals surface area contributed by atoms with Crippen molar-refractivity contribution < 1.29 is 14.0 Å². The van der Waals surface area contributed by atoms with Crippen molar-refractivity contribution >= 4 is 23.4 Å². The molecule has 0 aromatic heterocycles. The van der Waals surface area contributed by atoms with E-state index in [1.165, 1.54) is 17.0 Å². The number of benzene rings is 1. The quantitative estimate of drug-likeness (QED) is 0.923.